The Kier molecular flexibility index (Phi) is 6.04. The molecule has 156 valence electrons. The van der Waals surface area contributed by atoms with Gasteiger partial charge < -0.3 is 8.37 Å². The lowest BCUT2D eigenvalue weighted by atomic mass is 10.1. The first-order valence-corrected chi connectivity index (χ1v) is 11.5. The van der Waals surface area contributed by atoms with Gasteiger partial charge in [-0.25, -0.2) is 0 Å². The van der Waals surface area contributed by atoms with Crippen molar-refractivity contribution in [3.63, 3.8) is 0 Å². The average molecular weight is 489 g/mol. The summed E-state index contributed by atoms with van der Waals surface area (Å²) in [5, 5.41) is -2.37. The van der Waals surface area contributed by atoms with E-state index in [0.29, 0.717) is 0 Å². The maximum atomic E-state index is 12.6. The van der Waals surface area contributed by atoms with Crippen LogP contribution in [0.4, 0.5) is 0 Å². The lowest BCUT2D eigenvalue weighted by Crippen LogP contribution is -2.31. The molecule has 1 aliphatic carbocycles. The first kappa shape index (κ1) is 22.0. The average Bonchev–Trinajstić information content (AvgIpc) is 2.67. The molecule has 0 saturated carbocycles. The number of Topliss-reactive ketones (excluding diaryl/α,β-unsaturated/α-hetero) is 2. The predicted molar refractivity (Wildman–Crippen MR) is 108 cm³/mol. The van der Waals surface area contributed by atoms with Crippen molar-refractivity contribution >= 4 is 55.0 Å². The van der Waals surface area contributed by atoms with Crippen molar-refractivity contribution in [2.45, 2.75) is 0 Å². The number of carbonyl (C=O) groups excluding carboxylic acids is 2. The summed E-state index contributed by atoms with van der Waals surface area (Å²) in [6.07, 6.45) is 0. The molecule has 12 heteroatoms. The number of hydrogen-bond donors (Lipinski definition) is 0. The first-order chi connectivity index (χ1) is 14.0. The van der Waals surface area contributed by atoms with Crippen LogP contribution in [0.1, 0.15) is 0 Å². The summed E-state index contributed by atoms with van der Waals surface area (Å²) in [6.45, 7) is 0. The van der Waals surface area contributed by atoms with E-state index in [1.807, 2.05) is 0 Å². The summed E-state index contributed by atoms with van der Waals surface area (Å²) in [4.78, 5) is 22.6. The zero-order valence-corrected chi connectivity index (χ0v) is 17.8. The second-order valence-electron chi connectivity index (χ2n) is 5.65. The van der Waals surface area contributed by atoms with Crippen LogP contribution in [0.5, 0.6) is 11.5 Å². The van der Waals surface area contributed by atoms with E-state index >= 15 is 0 Å². The molecular formula is C18H10Cl2O8S2. The summed E-state index contributed by atoms with van der Waals surface area (Å²) in [6, 6.07) is 14.2. The van der Waals surface area contributed by atoms with Crippen molar-refractivity contribution in [2.24, 2.45) is 0 Å². The third-order valence-electron chi connectivity index (χ3n) is 3.61. The van der Waals surface area contributed by atoms with Gasteiger partial charge >= 0.3 is 20.2 Å². The summed E-state index contributed by atoms with van der Waals surface area (Å²) in [5.41, 5.74) is 0. The molecule has 2 aromatic carbocycles. The number of para-hydroxylation sites is 2. The monoisotopic (exact) mass is 488 g/mol. The topological polar surface area (TPSA) is 121 Å². The lowest BCUT2D eigenvalue weighted by molar-refractivity contribution is -0.114. The summed E-state index contributed by atoms with van der Waals surface area (Å²) in [7, 11) is -9.81. The minimum Gasteiger partial charge on any atom is -0.379 e. The van der Waals surface area contributed by atoms with Crippen molar-refractivity contribution in [1.82, 2.24) is 0 Å². The number of ketones is 2. The van der Waals surface area contributed by atoms with Crippen LogP contribution in [-0.2, 0) is 29.8 Å². The van der Waals surface area contributed by atoms with Gasteiger partial charge in [0.05, 0.1) is 0 Å². The van der Waals surface area contributed by atoms with Crippen LogP contribution in [0.2, 0.25) is 0 Å². The highest BCUT2D eigenvalue weighted by Crippen LogP contribution is 2.36. The van der Waals surface area contributed by atoms with Crippen LogP contribution in [0.3, 0.4) is 0 Å². The van der Waals surface area contributed by atoms with Crippen LogP contribution in [0.15, 0.2) is 80.5 Å². The van der Waals surface area contributed by atoms with Gasteiger partial charge in [-0.1, -0.05) is 59.6 Å². The third kappa shape index (κ3) is 4.26. The number of rotatable bonds is 6. The minimum absolute atomic E-state index is 0.166. The Labute approximate surface area is 181 Å². The molecule has 8 nitrogen and oxygen atoms in total. The van der Waals surface area contributed by atoms with Crippen LogP contribution < -0.4 is 8.37 Å². The van der Waals surface area contributed by atoms with E-state index in [4.69, 9.17) is 31.6 Å². The van der Waals surface area contributed by atoms with Crippen molar-refractivity contribution in [3.8, 4) is 11.5 Å². The Morgan fingerprint density at radius 1 is 0.567 bits per heavy atom. The highest BCUT2D eigenvalue weighted by atomic mass is 35.5. The molecular weight excluding hydrogens is 479 g/mol. The fourth-order valence-electron chi connectivity index (χ4n) is 2.34. The molecule has 0 bridgehead atoms. The van der Waals surface area contributed by atoms with E-state index in [1.54, 1.807) is 12.1 Å². The number of carbonyl (C=O) groups is 2. The van der Waals surface area contributed by atoms with Gasteiger partial charge in [0.25, 0.3) is 0 Å². The number of halogens is 2. The number of benzene rings is 2. The maximum Gasteiger partial charge on any atom is 0.344 e. The molecule has 0 radical (unpaired) electrons. The Morgan fingerprint density at radius 2 is 0.867 bits per heavy atom. The van der Waals surface area contributed by atoms with E-state index in [1.165, 1.54) is 48.5 Å². The second kappa shape index (κ2) is 8.23. The van der Waals surface area contributed by atoms with Crippen LogP contribution in [0.25, 0.3) is 0 Å². The van der Waals surface area contributed by atoms with Crippen LogP contribution >= 0.6 is 23.2 Å². The van der Waals surface area contributed by atoms with Crippen LogP contribution in [-0.4, -0.2) is 28.4 Å². The smallest absolute Gasteiger partial charge is 0.344 e. The zero-order valence-electron chi connectivity index (χ0n) is 14.6. The highest BCUT2D eigenvalue weighted by Gasteiger charge is 2.46. The fraction of sp³-hybridized carbons (Fsp3) is 0. The highest BCUT2D eigenvalue weighted by molar-refractivity contribution is 7.93. The first-order valence-electron chi connectivity index (χ1n) is 7.92. The van der Waals surface area contributed by atoms with Gasteiger partial charge in [-0.15, -0.1) is 0 Å². The van der Waals surface area contributed by atoms with Crippen molar-refractivity contribution < 1.29 is 34.8 Å². The van der Waals surface area contributed by atoms with Gasteiger partial charge in [0.15, 0.2) is 9.81 Å². The van der Waals surface area contributed by atoms with Gasteiger partial charge in [0.1, 0.15) is 21.6 Å². The lowest BCUT2D eigenvalue weighted by Gasteiger charge is -2.18. The second-order valence-corrected chi connectivity index (χ2v) is 9.37. The van der Waals surface area contributed by atoms with Gasteiger partial charge in [-0.3, -0.25) is 9.59 Å². The number of allylic oxidation sites excluding steroid dienone is 4. The zero-order chi connectivity index (χ0) is 22.1. The molecule has 0 aliphatic heterocycles. The standard InChI is InChI=1S/C18H10Cl2O8S2/c19-13-16(22)18(30(25,26)28-12-9-5-2-6-10-12)14(20)15(21)17(13)29(23,24)27-11-7-3-1-4-8-11/h1-10H. The molecule has 0 spiro atoms. The van der Waals surface area contributed by atoms with E-state index in [2.05, 4.69) is 0 Å². The fourth-order valence-corrected chi connectivity index (χ4v) is 5.56. The molecule has 0 aromatic heterocycles. The molecule has 0 unspecified atom stereocenters. The maximum absolute atomic E-state index is 12.6. The van der Waals surface area contributed by atoms with Gasteiger partial charge in [0, 0.05) is 0 Å². The molecule has 3 rings (SSSR count). The summed E-state index contributed by atoms with van der Waals surface area (Å²) >= 11 is 11.6. The Morgan fingerprint density at radius 3 is 1.17 bits per heavy atom. The molecule has 2 aromatic rings. The predicted octanol–water partition coefficient (Wildman–Crippen LogP) is 2.86. The molecule has 0 heterocycles. The summed E-state index contributed by atoms with van der Waals surface area (Å²) < 4.78 is 59.6. The Hall–Kier alpha value is -2.66. The van der Waals surface area contributed by atoms with Crippen molar-refractivity contribution in [1.29, 1.82) is 0 Å². The SMILES string of the molecule is O=C1C(Cl)=C(S(=O)(=O)Oc2ccccc2)C(=O)C(Cl)=C1S(=O)(=O)Oc1ccccc1. The van der Waals surface area contributed by atoms with E-state index in [-0.39, 0.29) is 11.5 Å². The molecule has 0 atom stereocenters. The quantitative estimate of drug-likeness (QED) is 0.449. The third-order valence-corrected chi connectivity index (χ3v) is 7.16. The molecule has 1 aliphatic rings. The molecule has 30 heavy (non-hydrogen) atoms. The van der Waals surface area contributed by atoms with E-state index in [9.17, 15) is 26.4 Å². The normalized spacial score (nSPS) is 15.4. The van der Waals surface area contributed by atoms with Crippen LogP contribution in [0, 0.1) is 0 Å². The number of hydrogen-bond acceptors (Lipinski definition) is 8. The van der Waals surface area contributed by atoms with Crippen molar-refractivity contribution in [3.05, 3.63) is 80.5 Å². The van der Waals surface area contributed by atoms with E-state index in [0.717, 1.165) is 0 Å². The Bertz CT molecular complexity index is 1190. The van der Waals surface area contributed by atoms with E-state index < -0.39 is 51.7 Å². The minimum atomic E-state index is -4.91. The Balaban J connectivity index is 2.02. The largest absolute Gasteiger partial charge is 0.379 e. The van der Waals surface area contributed by atoms with Gasteiger partial charge in [-0.05, 0) is 24.3 Å². The molecule has 0 saturated heterocycles. The van der Waals surface area contributed by atoms with Gasteiger partial charge in [0.2, 0.25) is 11.6 Å². The molecule has 0 fully saturated rings. The van der Waals surface area contributed by atoms with Crippen molar-refractivity contribution in [2.75, 3.05) is 0 Å². The molecule has 0 amide bonds. The molecule has 0 N–H and O–H groups in total. The van der Waals surface area contributed by atoms with Gasteiger partial charge in [-0.2, -0.15) is 16.8 Å². The summed E-state index contributed by atoms with van der Waals surface area (Å²) in [5.74, 6) is -3.37.